The molecular weight excluding hydrogens is 348 g/mol. The molecule has 4 rings (SSSR count). The van der Waals surface area contributed by atoms with E-state index in [2.05, 4.69) is 26.3 Å². The Bertz CT molecular complexity index is 901. The van der Waals surface area contributed by atoms with Crippen LogP contribution in [0.15, 0.2) is 35.0 Å². The van der Waals surface area contributed by atoms with Gasteiger partial charge in [-0.05, 0) is 44.9 Å². The van der Waals surface area contributed by atoms with E-state index in [1.54, 1.807) is 0 Å². The highest BCUT2D eigenvalue weighted by Crippen LogP contribution is 2.38. The van der Waals surface area contributed by atoms with Crippen LogP contribution in [0.5, 0.6) is 0 Å². The number of likely N-dealkylation sites (tertiary alicyclic amines) is 1. The van der Waals surface area contributed by atoms with Gasteiger partial charge in [-0.15, -0.1) is 0 Å². The number of nitrogens with one attached hydrogen (secondary N) is 1. The van der Waals surface area contributed by atoms with E-state index in [-0.39, 0.29) is 6.04 Å². The summed E-state index contributed by atoms with van der Waals surface area (Å²) in [5, 5.41) is 12.5. The summed E-state index contributed by atoms with van der Waals surface area (Å²) in [5.74, 6) is 0.814. The number of H-pyrrole nitrogens is 1. The van der Waals surface area contributed by atoms with Gasteiger partial charge in [0.25, 0.3) is 0 Å². The average Bonchev–Trinajstić information content (AvgIpc) is 3.25. The lowest BCUT2D eigenvalue weighted by Crippen LogP contribution is -2.33. The van der Waals surface area contributed by atoms with Crippen molar-refractivity contribution in [3.05, 3.63) is 58.0 Å². The molecule has 0 unspecified atom stereocenters. The van der Waals surface area contributed by atoms with Gasteiger partial charge in [-0.2, -0.15) is 5.10 Å². The van der Waals surface area contributed by atoms with Crippen molar-refractivity contribution in [3.8, 4) is 11.3 Å². The highest BCUT2D eigenvalue weighted by molar-refractivity contribution is 6.31. The van der Waals surface area contributed by atoms with Crippen molar-refractivity contribution < 1.29 is 4.52 Å². The molecule has 1 N–H and O–H groups in total. The summed E-state index contributed by atoms with van der Waals surface area (Å²) in [4.78, 5) is 2.49. The molecule has 2 aromatic heterocycles. The minimum Gasteiger partial charge on any atom is -0.356 e. The van der Waals surface area contributed by atoms with Gasteiger partial charge >= 0.3 is 0 Å². The van der Waals surface area contributed by atoms with Crippen LogP contribution >= 0.6 is 11.6 Å². The number of rotatable bonds is 4. The zero-order valence-corrected chi connectivity index (χ0v) is 15.9. The van der Waals surface area contributed by atoms with Crippen LogP contribution in [-0.2, 0) is 6.54 Å². The molecule has 0 aliphatic carbocycles. The normalized spacial score (nSPS) is 18.3. The van der Waals surface area contributed by atoms with Crippen LogP contribution in [0.2, 0.25) is 5.02 Å². The summed E-state index contributed by atoms with van der Waals surface area (Å²) in [5.41, 5.74) is 5.27. The number of hydrogen-bond donors (Lipinski definition) is 1. The Kier molecular flexibility index (Phi) is 4.83. The number of aromatic nitrogens is 3. The van der Waals surface area contributed by atoms with Crippen LogP contribution in [0.1, 0.15) is 47.8 Å². The van der Waals surface area contributed by atoms with Crippen molar-refractivity contribution in [2.24, 2.45) is 0 Å². The maximum absolute atomic E-state index is 6.40. The molecule has 26 heavy (non-hydrogen) atoms. The Morgan fingerprint density at radius 2 is 2.12 bits per heavy atom. The molecule has 1 atom stereocenters. The molecule has 0 radical (unpaired) electrons. The number of halogens is 1. The van der Waals surface area contributed by atoms with E-state index in [1.807, 2.05) is 38.2 Å². The quantitative estimate of drug-likeness (QED) is 0.697. The maximum atomic E-state index is 6.40. The fourth-order valence-electron chi connectivity index (χ4n) is 3.75. The van der Waals surface area contributed by atoms with E-state index in [1.165, 1.54) is 12.8 Å². The molecule has 5 nitrogen and oxygen atoms in total. The highest BCUT2D eigenvalue weighted by atomic mass is 35.5. The Labute approximate surface area is 158 Å². The summed E-state index contributed by atoms with van der Waals surface area (Å²) in [6, 6.07) is 8.34. The van der Waals surface area contributed by atoms with Gasteiger partial charge in [0.05, 0.1) is 29.2 Å². The van der Waals surface area contributed by atoms with Crippen LogP contribution in [0.4, 0.5) is 0 Å². The number of aromatic amines is 1. The van der Waals surface area contributed by atoms with Gasteiger partial charge in [0.1, 0.15) is 0 Å². The Morgan fingerprint density at radius 3 is 2.88 bits per heavy atom. The van der Waals surface area contributed by atoms with Gasteiger partial charge in [0.2, 0.25) is 0 Å². The fourth-order valence-corrected chi connectivity index (χ4v) is 3.95. The van der Waals surface area contributed by atoms with Gasteiger partial charge in [0, 0.05) is 17.1 Å². The second-order valence-corrected chi connectivity index (χ2v) is 7.40. The first-order chi connectivity index (χ1) is 12.6. The molecule has 1 fully saturated rings. The molecule has 3 heterocycles. The van der Waals surface area contributed by atoms with E-state index in [4.69, 9.17) is 16.1 Å². The average molecular weight is 371 g/mol. The molecule has 0 saturated carbocycles. The lowest BCUT2D eigenvalue weighted by molar-refractivity contribution is 0.137. The third-order valence-corrected chi connectivity index (χ3v) is 5.72. The van der Waals surface area contributed by atoms with Crippen LogP contribution in [0, 0.1) is 13.8 Å². The SMILES string of the molecule is Cc1noc(-c2cn[nH]c2[C@H]2CCCCN2Cc2ccccc2Cl)c1C. The molecule has 1 saturated heterocycles. The second-order valence-electron chi connectivity index (χ2n) is 6.99. The van der Waals surface area contributed by atoms with Gasteiger partial charge < -0.3 is 4.52 Å². The van der Waals surface area contributed by atoms with Crippen LogP contribution in [0.25, 0.3) is 11.3 Å². The number of hydrogen-bond acceptors (Lipinski definition) is 4. The molecule has 136 valence electrons. The first kappa shape index (κ1) is 17.3. The first-order valence-corrected chi connectivity index (χ1v) is 9.47. The van der Waals surface area contributed by atoms with E-state index in [0.29, 0.717) is 0 Å². The van der Waals surface area contributed by atoms with Gasteiger partial charge in [0.15, 0.2) is 5.76 Å². The molecule has 0 amide bonds. The third kappa shape index (κ3) is 3.17. The third-order valence-electron chi connectivity index (χ3n) is 5.35. The van der Waals surface area contributed by atoms with Gasteiger partial charge in [-0.1, -0.05) is 41.4 Å². The number of benzene rings is 1. The molecule has 0 spiro atoms. The summed E-state index contributed by atoms with van der Waals surface area (Å²) in [7, 11) is 0. The van der Waals surface area contributed by atoms with E-state index in [9.17, 15) is 0 Å². The summed E-state index contributed by atoms with van der Waals surface area (Å²) >= 11 is 6.40. The predicted octanol–water partition coefficient (Wildman–Crippen LogP) is 5.06. The number of nitrogens with zero attached hydrogens (tertiary/aromatic N) is 3. The van der Waals surface area contributed by atoms with Crippen molar-refractivity contribution in [1.82, 2.24) is 20.3 Å². The summed E-state index contributed by atoms with van der Waals surface area (Å²) in [6.07, 6.45) is 5.35. The Hall–Kier alpha value is -2.11. The predicted molar refractivity (Wildman–Crippen MR) is 102 cm³/mol. The van der Waals surface area contributed by atoms with E-state index >= 15 is 0 Å². The van der Waals surface area contributed by atoms with Crippen LogP contribution in [0.3, 0.4) is 0 Å². The first-order valence-electron chi connectivity index (χ1n) is 9.09. The van der Waals surface area contributed by atoms with E-state index < -0.39 is 0 Å². The smallest absolute Gasteiger partial charge is 0.173 e. The molecule has 0 bridgehead atoms. The summed E-state index contributed by atoms with van der Waals surface area (Å²) in [6.45, 7) is 5.88. The highest BCUT2D eigenvalue weighted by Gasteiger charge is 2.29. The standard InChI is InChI=1S/C20H23ClN4O/c1-13-14(2)24-26-20(13)16-11-22-23-19(16)18-9-5-6-10-25(18)12-15-7-3-4-8-17(15)21/h3-4,7-8,11,18H,5-6,9-10,12H2,1-2H3,(H,22,23)/t18-/m1/s1. The lowest BCUT2D eigenvalue weighted by Gasteiger charge is -2.35. The fraction of sp³-hybridized carbons (Fsp3) is 0.400. The van der Waals surface area contributed by atoms with Gasteiger partial charge in [-0.3, -0.25) is 10.00 Å². The zero-order valence-electron chi connectivity index (χ0n) is 15.1. The largest absolute Gasteiger partial charge is 0.356 e. The molecule has 3 aromatic rings. The number of aryl methyl sites for hydroxylation is 1. The summed E-state index contributed by atoms with van der Waals surface area (Å²) < 4.78 is 5.59. The Balaban J connectivity index is 1.67. The lowest BCUT2D eigenvalue weighted by atomic mass is 9.95. The molecular formula is C20H23ClN4O. The number of piperidine rings is 1. The minimum atomic E-state index is 0.266. The van der Waals surface area contributed by atoms with Crippen LogP contribution < -0.4 is 0 Å². The molecule has 6 heteroatoms. The monoisotopic (exact) mass is 370 g/mol. The van der Waals surface area contributed by atoms with Crippen molar-refractivity contribution in [3.63, 3.8) is 0 Å². The van der Waals surface area contributed by atoms with E-state index in [0.717, 1.165) is 58.4 Å². The van der Waals surface area contributed by atoms with Crippen LogP contribution in [-0.4, -0.2) is 26.8 Å². The Morgan fingerprint density at radius 1 is 1.27 bits per heavy atom. The molecule has 1 aromatic carbocycles. The van der Waals surface area contributed by atoms with Gasteiger partial charge in [-0.25, -0.2) is 0 Å². The zero-order chi connectivity index (χ0) is 18.1. The van der Waals surface area contributed by atoms with Crippen molar-refractivity contribution >= 4 is 11.6 Å². The molecule has 1 aliphatic heterocycles. The maximum Gasteiger partial charge on any atom is 0.173 e. The minimum absolute atomic E-state index is 0.266. The molecule has 1 aliphatic rings. The second kappa shape index (κ2) is 7.25. The van der Waals surface area contributed by atoms with Crippen molar-refractivity contribution in [2.45, 2.75) is 45.7 Å². The van der Waals surface area contributed by atoms with Crippen molar-refractivity contribution in [1.29, 1.82) is 0 Å². The van der Waals surface area contributed by atoms with Crippen molar-refractivity contribution in [2.75, 3.05) is 6.54 Å². The topological polar surface area (TPSA) is 58.0 Å².